The summed E-state index contributed by atoms with van der Waals surface area (Å²) in [6.07, 6.45) is 0. The van der Waals surface area contributed by atoms with Crippen molar-refractivity contribution in [3.63, 3.8) is 0 Å². The van der Waals surface area contributed by atoms with Crippen LogP contribution in [0.4, 0.5) is 0 Å². The van der Waals surface area contributed by atoms with E-state index in [0.29, 0.717) is 11.8 Å². The molecule has 0 aliphatic rings. The lowest BCUT2D eigenvalue weighted by Gasteiger charge is -2.06. The average molecular weight is 245 g/mol. The van der Waals surface area contributed by atoms with Gasteiger partial charge in [-0.1, -0.05) is 43.6 Å². The molecular formula is C10H17BrN2. The largest absolute Gasteiger partial charge is 0.282 e. The van der Waals surface area contributed by atoms with E-state index >= 15 is 0 Å². The number of halogens is 1. The summed E-state index contributed by atoms with van der Waals surface area (Å²) >= 11 is 3.51. The first kappa shape index (κ1) is 10.8. The summed E-state index contributed by atoms with van der Waals surface area (Å²) in [6, 6.07) is 0. The lowest BCUT2D eigenvalue weighted by atomic mass is 10.0. The lowest BCUT2D eigenvalue weighted by molar-refractivity contribution is 0.791. The molecule has 3 heteroatoms. The number of nitrogens with one attached hydrogen (secondary N) is 1. The van der Waals surface area contributed by atoms with E-state index in [9.17, 15) is 0 Å². The molecular weight excluding hydrogens is 228 g/mol. The van der Waals surface area contributed by atoms with E-state index in [4.69, 9.17) is 0 Å². The predicted molar refractivity (Wildman–Crippen MR) is 59.4 cm³/mol. The Kier molecular flexibility index (Phi) is 3.54. The number of H-pyrrole nitrogens is 1. The van der Waals surface area contributed by atoms with Crippen LogP contribution in [-0.4, -0.2) is 10.2 Å². The molecule has 0 unspecified atom stereocenters. The van der Waals surface area contributed by atoms with Gasteiger partial charge in [-0.15, -0.1) is 0 Å². The summed E-state index contributed by atoms with van der Waals surface area (Å²) in [5, 5.41) is 8.37. The molecule has 74 valence electrons. The van der Waals surface area contributed by atoms with Crippen molar-refractivity contribution in [3.8, 4) is 0 Å². The van der Waals surface area contributed by atoms with E-state index in [0.717, 1.165) is 5.33 Å². The van der Waals surface area contributed by atoms with E-state index in [1.165, 1.54) is 17.0 Å². The molecule has 1 aromatic heterocycles. The van der Waals surface area contributed by atoms with Crippen molar-refractivity contribution < 1.29 is 0 Å². The van der Waals surface area contributed by atoms with Gasteiger partial charge in [-0.05, 0) is 11.8 Å². The molecule has 1 heterocycles. The molecule has 0 spiro atoms. The summed E-state index contributed by atoms with van der Waals surface area (Å²) < 4.78 is 0. The predicted octanol–water partition coefficient (Wildman–Crippen LogP) is 3.55. The van der Waals surface area contributed by atoms with Gasteiger partial charge in [0.2, 0.25) is 0 Å². The Hall–Kier alpha value is -0.310. The van der Waals surface area contributed by atoms with Crippen LogP contribution in [0.5, 0.6) is 0 Å². The Morgan fingerprint density at radius 1 is 1.23 bits per heavy atom. The van der Waals surface area contributed by atoms with Gasteiger partial charge in [0.15, 0.2) is 0 Å². The van der Waals surface area contributed by atoms with Crippen molar-refractivity contribution in [1.82, 2.24) is 10.2 Å². The second-order valence-corrected chi connectivity index (χ2v) is 4.50. The number of aromatic amines is 1. The summed E-state index contributed by atoms with van der Waals surface area (Å²) in [6.45, 7) is 8.71. The van der Waals surface area contributed by atoms with Crippen molar-refractivity contribution >= 4 is 15.9 Å². The van der Waals surface area contributed by atoms with Crippen molar-refractivity contribution in [2.75, 3.05) is 0 Å². The molecule has 0 fully saturated rings. The highest BCUT2D eigenvalue weighted by Gasteiger charge is 2.16. The Morgan fingerprint density at radius 2 is 1.85 bits per heavy atom. The number of alkyl halides is 1. The van der Waals surface area contributed by atoms with Crippen molar-refractivity contribution in [2.45, 2.75) is 44.9 Å². The van der Waals surface area contributed by atoms with Crippen LogP contribution in [0, 0.1) is 0 Å². The maximum Gasteiger partial charge on any atom is 0.0690 e. The third kappa shape index (κ3) is 2.13. The Labute approximate surface area is 88.3 Å². The fourth-order valence-electron chi connectivity index (χ4n) is 1.49. The SMILES string of the molecule is CC(C)c1n[nH]c(C(C)C)c1CBr. The van der Waals surface area contributed by atoms with E-state index in [2.05, 4.69) is 53.8 Å². The van der Waals surface area contributed by atoms with Crippen LogP contribution >= 0.6 is 15.9 Å². The molecule has 13 heavy (non-hydrogen) atoms. The highest BCUT2D eigenvalue weighted by atomic mass is 79.9. The van der Waals surface area contributed by atoms with Gasteiger partial charge in [0.05, 0.1) is 5.69 Å². The first-order valence-electron chi connectivity index (χ1n) is 4.70. The maximum absolute atomic E-state index is 4.35. The monoisotopic (exact) mass is 244 g/mol. The zero-order valence-corrected chi connectivity index (χ0v) is 10.3. The minimum Gasteiger partial charge on any atom is -0.282 e. The van der Waals surface area contributed by atoms with Gasteiger partial charge in [0.1, 0.15) is 0 Å². The van der Waals surface area contributed by atoms with Gasteiger partial charge in [-0.25, -0.2) is 0 Å². The van der Waals surface area contributed by atoms with E-state index in [1.807, 2.05) is 0 Å². The number of nitrogens with zero attached hydrogens (tertiary/aromatic N) is 1. The summed E-state index contributed by atoms with van der Waals surface area (Å²) in [5.74, 6) is 1.02. The average Bonchev–Trinajstić information content (AvgIpc) is 2.46. The molecule has 0 aliphatic carbocycles. The van der Waals surface area contributed by atoms with Gasteiger partial charge in [-0.3, -0.25) is 5.10 Å². The molecule has 0 aliphatic heterocycles. The minimum absolute atomic E-state index is 0.497. The highest BCUT2D eigenvalue weighted by molar-refractivity contribution is 9.08. The second kappa shape index (κ2) is 4.27. The van der Waals surface area contributed by atoms with Crippen molar-refractivity contribution in [3.05, 3.63) is 17.0 Å². The van der Waals surface area contributed by atoms with Gasteiger partial charge in [0, 0.05) is 16.6 Å². The van der Waals surface area contributed by atoms with Gasteiger partial charge < -0.3 is 0 Å². The van der Waals surface area contributed by atoms with Crippen LogP contribution in [0.2, 0.25) is 0 Å². The third-order valence-corrected chi connectivity index (χ3v) is 2.75. The van der Waals surface area contributed by atoms with E-state index in [1.54, 1.807) is 0 Å². The first-order valence-corrected chi connectivity index (χ1v) is 5.83. The molecule has 0 saturated carbocycles. The van der Waals surface area contributed by atoms with Crippen LogP contribution in [0.3, 0.4) is 0 Å². The van der Waals surface area contributed by atoms with Crippen molar-refractivity contribution in [2.24, 2.45) is 0 Å². The quantitative estimate of drug-likeness (QED) is 0.810. The fourth-order valence-corrected chi connectivity index (χ4v) is 2.08. The fraction of sp³-hybridized carbons (Fsp3) is 0.700. The van der Waals surface area contributed by atoms with Crippen LogP contribution < -0.4 is 0 Å². The van der Waals surface area contributed by atoms with Crippen molar-refractivity contribution in [1.29, 1.82) is 0 Å². The molecule has 0 saturated heterocycles. The number of aromatic nitrogens is 2. The topological polar surface area (TPSA) is 28.7 Å². The summed E-state index contributed by atoms with van der Waals surface area (Å²) in [7, 11) is 0. The van der Waals surface area contributed by atoms with E-state index < -0.39 is 0 Å². The number of hydrogen-bond donors (Lipinski definition) is 1. The summed E-state index contributed by atoms with van der Waals surface area (Å²) in [4.78, 5) is 0. The number of hydrogen-bond acceptors (Lipinski definition) is 1. The summed E-state index contributed by atoms with van der Waals surface area (Å²) in [5.41, 5.74) is 3.80. The van der Waals surface area contributed by atoms with Crippen LogP contribution in [0.25, 0.3) is 0 Å². The molecule has 2 nitrogen and oxygen atoms in total. The molecule has 1 rings (SSSR count). The Balaban J connectivity index is 3.10. The van der Waals surface area contributed by atoms with Gasteiger partial charge in [0.25, 0.3) is 0 Å². The Morgan fingerprint density at radius 3 is 2.23 bits per heavy atom. The number of rotatable bonds is 3. The molecule has 0 amide bonds. The second-order valence-electron chi connectivity index (χ2n) is 3.94. The minimum atomic E-state index is 0.497. The van der Waals surface area contributed by atoms with Crippen LogP contribution in [0.1, 0.15) is 56.5 Å². The molecule has 1 N–H and O–H groups in total. The van der Waals surface area contributed by atoms with Crippen LogP contribution in [0.15, 0.2) is 0 Å². The lowest BCUT2D eigenvalue weighted by Crippen LogP contribution is -1.95. The first-order chi connectivity index (χ1) is 6.07. The molecule has 0 bridgehead atoms. The van der Waals surface area contributed by atoms with E-state index in [-0.39, 0.29) is 0 Å². The molecule has 0 radical (unpaired) electrons. The normalized spacial score (nSPS) is 11.6. The third-order valence-electron chi connectivity index (χ3n) is 2.19. The molecule has 0 atom stereocenters. The zero-order chi connectivity index (χ0) is 10.0. The molecule has 0 aromatic carbocycles. The zero-order valence-electron chi connectivity index (χ0n) is 8.69. The smallest absolute Gasteiger partial charge is 0.0690 e. The standard InChI is InChI=1S/C10H17BrN2/c1-6(2)9-8(5-11)10(7(3)4)13-12-9/h6-7H,5H2,1-4H3,(H,12,13). The highest BCUT2D eigenvalue weighted by Crippen LogP contribution is 2.26. The van der Waals surface area contributed by atoms with Crippen LogP contribution in [-0.2, 0) is 5.33 Å². The Bertz CT molecular complexity index is 251. The maximum atomic E-state index is 4.35. The van der Waals surface area contributed by atoms with Gasteiger partial charge >= 0.3 is 0 Å². The molecule has 1 aromatic rings. The van der Waals surface area contributed by atoms with Gasteiger partial charge in [-0.2, -0.15) is 5.10 Å².